The van der Waals surface area contributed by atoms with E-state index in [9.17, 15) is 4.79 Å². The molecule has 0 fully saturated rings. The summed E-state index contributed by atoms with van der Waals surface area (Å²) in [5.74, 6) is 0.316. The lowest BCUT2D eigenvalue weighted by molar-refractivity contribution is 1.16. The molecule has 0 spiro atoms. The Kier molecular flexibility index (Phi) is 3.26. The van der Waals surface area contributed by atoms with Crippen molar-refractivity contribution < 1.29 is 0 Å². The van der Waals surface area contributed by atoms with Crippen LogP contribution in [0, 0.1) is 11.3 Å². The van der Waals surface area contributed by atoms with Crippen molar-refractivity contribution in [2.45, 2.75) is 0 Å². The summed E-state index contributed by atoms with van der Waals surface area (Å²) in [5, 5.41) is 12.4. The lowest BCUT2D eigenvalue weighted by Gasteiger charge is -2.08. The quantitative estimate of drug-likeness (QED) is 0.709. The third-order valence-electron chi connectivity index (χ3n) is 2.87. The zero-order valence-electron chi connectivity index (χ0n) is 10.6. The number of aromatic amines is 1. The van der Waals surface area contributed by atoms with Gasteiger partial charge in [0.15, 0.2) is 0 Å². The average molecular weight is 298 g/mol. The number of aromatic nitrogens is 3. The molecule has 0 saturated carbocycles. The fourth-order valence-corrected chi connectivity index (χ4v) is 2.10. The monoisotopic (exact) mass is 297 g/mol. The molecular weight excluding hydrogens is 290 g/mol. The first-order valence-corrected chi connectivity index (χ1v) is 6.36. The second-order valence-electron chi connectivity index (χ2n) is 4.23. The van der Waals surface area contributed by atoms with Crippen molar-refractivity contribution >= 4 is 34.0 Å². The highest BCUT2D eigenvalue weighted by Crippen LogP contribution is 2.23. The minimum atomic E-state index is -0.305. The molecular formula is C14H8ClN5O. The van der Waals surface area contributed by atoms with Crippen molar-refractivity contribution in [3.05, 3.63) is 57.7 Å². The van der Waals surface area contributed by atoms with Crippen molar-refractivity contribution in [1.29, 1.82) is 5.26 Å². The molecule has 0 aliphatic carbocycles. The minimum absolute atomic E-state index is 0.233. The first-order chi connectivity index (χ1) is 10.2. The Balaban J connectivity index is 2.11. The third-order valence-corrected chi connectivity index (χ3v) is 3.06. The van der Waals surface area contributed by atoms with Crippen LogP contribution in [0.4, 0.5) is 11.5 Å². The fourth-order valence-electron chi connectivity index (χ4n) is 1.91. The van der Waals surface area contributed by atoms with E-state index in [4.69, 9.17) is 16.9 Å². The maximum Gasteiger partial charge on any atom is 0.262 e. The summed E-state index contributed by atoms with van der Waals surface area (Å²) in [6, 6.07) is 10.3. The van der Waals surface area contributed by atoms with Gasteiger partial charge in [0.05, 0.1) is 23.5 Å². The summed E-state index contributed by atoms with van der Waals surface area (Å²) in [5.41, 5.74) is 1.38. The topological polar surface area (TPSA) is 94.5 Å². The molecule has 3 aromatic rings. The number of nitrogens with one attached hydrogen (secondary N) is 2. The fraction of sp³-hybridized carbons (Fsp3) is 0. The van der Waals surface area contributed by atoms with Crippen molar-refractivity contribution in [2.24, 2.45) is 0 Å². The molecule has 0 amide bonds. The summed E-state index contributed by atoms with van der Waals surface area (Å²) in [7, 11) is 0. The molecule has 1 aromatic carbocycles. The Bertz CT molecular complexity index is 911. The predicted octanol–water partition coefficient (Wildman–Crippen LogP) is 2.59. The maximum atomic E-state index is 11.9. The van der Waals surface area contributed by atoms with Crippen LogP contribution in [0.15, 0.2) is 41.5 Å². The van der Waals surface area contributed by atoms with Crippen molar-refractivity contribution in [3.63, 3.8) is 0 Å². The zero-order chi connectivity index (χ0) is 14.8. The van der Waals surface area contributed by atoms with E-state index >= 15 is 0 Å². The highest BCUT2D eigenvalue weighted by atomic mass is 35.5. The number of anilines is 2. The van der Waals surface area contributed by atoms with E-state index in [1.54, 1.807) is 24.3 Å². The van der Waals surface area contributed by atoms with Gasteiger partial charge < -0.3 is 10.3 Å². The Morgan fingerprint density at radius 2 is 2.05 bits per heavy atom. The van der Waals surface area contributed by atoms with Gasteiger partial charge in [-0.2, -0.15) is 5.26 Å². The number of H-pyrrole nitrogens is 1. The molecule has 0 saturated heterocycles. The summed E-state index contributed by atoms with van der Waals surface area (Å²) in [4.78, 5) is 22.6. The minimum Gasteiger partial charge on any atom is -0.339 e. The van der Waals surface area contributed by atoms with Gasteiger partial charge in [0.2, 0.25) is 0 Å². The van der Waals surface area contributed by atoms with E-state index < -0.39 is 0 Å². The van der Waals surface area contributed by atoms with Gasteiger partial charge >= 0.3 is 0 Å². The molecule has 0 radical (unpaired) electrons. The van der Waals surface area contributed by atoms with Crippen LogP contribution in [0.3, 0.4) is 0 Å². The predicted molar refractivity (Wildman–Crippen MR) is 79.6 cm³/mol. The first-order valence-electron chi connectivity index (χ1n) is 5.98. The van der Waals surface area contributed by atoms with Gasteiger partial charge in [-0.25, -0.2) is 9.97 Å². The number of nitriles is 1. The van der Waals surface area contributed by atoms with E-state index in [1.807, 2.05) is 6.07 Å². The molecule has 3 rings (SSSR count). The smallest absolute Gasteiger partial charge is 0.262 e. The van der Waals surface area contributed by atoms with Gasteiger partial charge in [-0.15, -0.1) is 0 Å². The van der Waals surface area contributed by atoms with Gasteiger partial charge in [-0.05, 0) is 24.3 Å². The Hall–Kier alpha value is -2.91. The van der Waals surface area contributed by atoms with E-state index in [-0.39, 0.29) is 10.7 Å². The van der Waals surface area contributed by atoms with Crippen molar-refractivity contribution in [2.75, 3.05) is 5.32 Å². The lowest BCUT2D eigenvalue weighted by Crippen LogP contribution is -2.10. The van der Waals surface area contributed by atoms with Crippen LogP contribution in [-0.4, -0.2) is 15.0 Å². The molecule has 0 bridgehead atoms. The molecule has 0 aliphatic heterocycles. The van der Waals surface area contributed by atoms with Crippen LogP contribution >= 0.6 is 11.6 Å². The normalized spacial score (nSPS) is 10.3. The number of pyridine rings is 1. The summed E-state index contributed by atoms with van der Waals surface area (Å²) < 4.78 is 0. The zero-order valence-corrected chi connectivity index (χ0v) is 11.3. The van der Waals surface area contributed by atoms with Crippen LogP contribution in [-0.2, 0) is 0 Å². The molecule has 0 unspecified atom stereocenters. The van der Waals surface area contributed by atoms with Crippen molar-refractivity contribution in [3.8, 4) is 6.07 Å². The highest BCUT2D eigenvalue weighted by molar-refractivity contribution is 6.30. The van der Waals surface area contributed by atoms with E-state index in [2.05, 4.69) is 20.3 Å². The number of benzene rings is 1. The van der Waals surface area contributed by atoms with Gasteiger partial charge in [0.25, 0.3) is 5.56 Å². The Labute approximate surface area is 124 Å². The summed E-state index contributed by atoms with van der Waals surface area (Å²) in [6.45, 7) is 0. The van der Waals surface area contributed by atoms with E-state index in [0.717, 1.165) is 0 Å². The highest BCUT2D eigenvalue weighted by Gasteiger charge is 2.10. The van der Waals surface area contributed by atoms with Gasteiger partial charge in [-0.3, -0.25) is 4.79 Å². The van der Waals surface area contributed by atoms with Gasteiger partial charge in [0.1, 0.15) is 16.4 Å². The maximum absolute atomic E-state index is 11.9. The number of nitrogens with zero attached hydrogens (tertiary/aromatic N) is 3. The summed E-state index contributed by atoms with van der Waals surface area (Å²) >= 11 is 5.94. The SMILES string of the molecule is N#Cc1ccc(Nc2nc(Cl)cc3nc[nH]c(=O)c23)cc1. The average Bonchev–Trinajstić information content (AvgIpc) is 2.47. The van der Waals surface area contributed by atoms with Crippen LogP contribution in [0.25, 0.3) is 10.9 Å². The third kappa shape index (κ3) is 2.55. The molecule has 2 N–H and O–H groups in total. The van der Waals surface area contributed by atoms with Gasteiger partial charge in [0, 0.05) is 11.8 Å². The standard InChI is InChI=1S/C14H8ClN5O/c15-11-5-10-12(14(21)18-7-17-10)13(20-11)19-9-3-1-8(6-16)2-4-9/h1-5,7H,(H,19,20)(H,17,18,21). The second-order valence-corrected chi connectivity index (χ2v) is 4.62. The van der Waals surface area contributed by atoms with Gasteiger partial charge in [-0.1, -0.05) is 11.6 Å². The Morgan fingerprint density at radius 1 is 1.29 bits per heavy atom. The molecule has 0 aliphatic rings. The Morgan fingerprint density at radius 3 is 2.76 bits per heavy atom. The largest absolute Gasteiger partial charge is 0.339 e. The molecule has 6 nitrogen and oxygen atoms in total. The first kappa shape index (κ1) is 13.1. The molecule has 2 aromatic heterocycles. The molecule has 0 atom stereocenters. The molecule has 7 heteroatoms. The number of hydrogen-bond acceptors (Lipinski definition) is 5. The van der Waals surface area contributed by atoms with Crippen LogP contribution in [0.1, 0.15) is 5.56 Å². The van der Waals surface area contributed by atoms with Crippen molar-refractivity contribution in [1.82, 2.24) is 15.0 Å². The number of fused-ring (bicyclic) bond motifs is 1. The number of halogens is 1. The molecule has 2 heterocycles. The summed E-state index contributed by atoms with van der Waals surface area (Å²) in [6.07, 6.45) is 1.31. The van der Waals surface area contributed by atoms with Crippen LogP contribution < -0.4 is 10.9 Å². The van der Waals surface area contributed by atoms with E-state index in [1.165, 1.54) is 12.4 Å². The second kappa shape index (κ2) is 5.23. The van der Waals surface area contributed by atoms with Crippen LogP contribution in [0.2, 0.25) is 5.15 Å². The molecule has 21 heavy (non-hydrogen) atoms. The molecule has 102 valence electrons. The number of hydrogen-bond donors (Lipinski definition) is 2. The lowest BCUT2D eigenvalue weighted by atomic mass is 10.2. The van der Waals surface area contributed by atoms with Crippen LogP contribution in [0.5, 0.6) is 0 Å². The van der Waals surface area contributed by atoms with E-state index in [0.29, 0.717) is 28.0 Å². The number of rotatable bonds is 2.